The van der Waals surface area contributed by atoms with E-state index in [0.29, 0.717) is 46.8 Å². The van der Waals surface area contributed by atoms with Gasteiger partial charge in [0.25, 0.3) is 11.8 Å². The zero-order chi connectivity index (χ0) is 22.7. The summed E-state index contributed by atoms with van der Waals surface area (Å²) in [4.78, 5) is 27.5. The van der Waals surface area contributed by atoms with Crippen molar-refractivity contribution < 1.29 is 19.1 Å². The van der Waals surface area contributed by atoms with Crippen molar-refractivity contribution in [1.82, 2.24) is 10.2 Å². The van der Waals surface area contributed by atoms with Gasteiger partial charge in [0.2, 0.25) is 0 Å². The van der Waals surface area contributed by atoms with Gasteiger partial charge in [-0.25, -0.2) is 0 Å². The van der Waals surface area contributed by atoms with Crippen molar-refractivity contribution in [2.24, 2.45) is 0 Å². The number of nitrogens with zero attached hydrogens (tertiary/aromatic N) is 1. The largest absolute Gasteiger partial charge is 0.493 e. The van der Waals surface area contributed by atoms with Crippen LogP contribution in [0.3, 0.4) is 0 Å². The van der Waals surface area contributed by atoms with E-state index in [1.807, 2.05) is 36.1 Å². The molecule has 0 bridgehead atoms. The van der Waals surface area contributed by atoms with Gasteiger partial charge in [0, 0.05) is 29.8 Å². The summed E-state index contributed by atoms with van der Waals surface area (Å²) in [5.74, 6) is 0.785. The minimum atomic E-state index is -0.0923. The Bertz CT molecular complexity index is 984. The zero-order valence-corrected chi connectivity index (χ0v) is 19.3. The van der Waals surface area contributed by atoms with Crippen LogP contribution in [0.5, 0.6) is 11.5 Å². The van der Waals surface area contributed by atoms with Crippen LogP contribution < -0.4 is 14.8 Å². The third-order valence-electron chi connectivity index (χ3n) is 5.66. The van der Waals surface area contributed by atoms with E-state index in [0.717, 1.165) is 37.7 Å². The van der Waals surface area contributed by atoms with E-state index in [1.54, 1.807) is 12.1 Å². The molecule has 2 aromatic rings. The maximum absolute atomic E-state index is 13.4. The monoisotopic (exact) mass is 456 g/mol. The van der Waals surface area contributed by atoms with Crippen molar-refractivity contribution in [2.45, 2.75) is 57.7 Å². The normalized spacial score (nSPS) is 15.2. The van der Waals surface area contributed by atoms with Crippen molar-refractivity contribution in [1.29, 1.82) is 0 Å². The standard InChI is InChI=1S/C25H29ClN2O4/c1-3-12-32-23-21(26)13-18(14-22(23)31-2)25(30)28(20-10-11-20)15-16-4-6-17(7-5-16)24(29)27-19-8-9-19/h4-7,13-14,19-20H,3,8-12,15H2,1-2H3,(H,27,29). The lowest BCUT2D eigenvalue weighted by Gasteiger charge is -2.23. The second-order valence-corrected chi connectivity index (χ2v) is 8.85. The van der Waals surface area contributed by atoms with Gasteiger partial charge >= 0.3 is 0 Å². The highest BCUT2D eigenvalue weighted by molar-refractivity contribution is 6.32. The van der Waals surface area contributed by atoms with E-state index in [1.165, 1.54) is 7.11 Å². The maximum atomic E-state index is 13.4. The van der Waals surface area contributed by atoms with Gasteiger partial charge < -0.3 is 19.7 Å². The molecule has 2 fully saturated rings. The summed E-state index contributed by atoms with van der Waals surface area (Å²) in [7, 11) is 1.54. The van der Waals surface area contributed by atoms with Gasteiger partial charge in [-0.2, -0.15) is 0 Å². The summed E-state index contributed by atoms with van der Waals surface area (Å²) < 4.78 is 11.1. The highest BCUT2D eigenvalue weighted by Crippen LogP contribution is 2.38. The van der Waals surface area contributed by atoms with Crippen LogP contribution in [0.2, 0.25) is 5.02 Å². The Balaban J connectivity index is 1.49. The molecule has 170 valence electrons. The molecule has 0 saturated heterocycles. The van der Waals surface area contributed by atoms with Gasteiger partial charge in [0.15, 0.2) is 11.5 Å². The number of hydrogen-bond donors (Lipinski definition) is 1. The molecule has 2 aliphatic rings. The Kier molecular flexibility index (Phi) is 6.89. The smallest absolute Gasteiger partial charge is 0.254 e. The third-order valence-corrected chi connectivity index (χ3v) is 5.94. The minimum Gasteiger partial charge on any atom is -0.493 e. The number of benzene rings is 2. The van der Waals surface area contributed by atoms with E-state index in [2.05, 4.69) is 5.32 Å². The van der Waals surface area contributed by atoms with Gasteiger partial charge in [-0.3, -0.25) is 9.59 Å². The molecular formula is C25H29ClN2O4. The predicted octanol–water partition coefficient (Wildman–Crippen LogP) is 4.83. The molecule has 0 radical (unpaired) electrons. The van der Waals surface area contributed by atoms with Crippen LogP contribution in [-0.2, 0) is 6.54 Å². The topological polar surface area (TPSA) is 67.9 Å². The quantitative estimate of drug-likeness (QED) is 0.555. The molecule has 32 heavy (non-hydrogen) atoms. The molecule has 6 nitrogen and oxygen atoms in total. The van der Waals surface area contributed by atoms with Crippen LogP contribution in [0.1, 0.15) is 65.3 Å². The lowest BCUT2D eigenvalue weighted by Crippen LogP contribution is -2.32. The van der Waals surface area contributed by atoms with Gasteiger partial charge in [-0.05, 0) is 61.9 Å². The number of carbonyl (C=O) groups excluding carboxylic acids is 2. The minimum absolute atomic E-state index is 0.0405. The fraction of sp³-hybridized carbons (Fsp3) is 0.440. The molecule has 2 saturated carbocycles. The number of rotatable bonds is 10. The molecule has 4 rings (SSSR count). The average Bonchev–Trinajstić information content (AvgIpc) is 3.71. The van der Waals surface area contributed by atoms with E-state index in [-0.39, 0.29) is 17.9 Å². The first-order valence-corrected chi connectivity index (χ1v) is 11.6. The number of halogens is 1. The maximum Gasteiger partial charge on any atom is 0.254 e. The number of amides is 2. The molecule has 2 aromatic carbocycles. The summed E-state index contributed by atoms with van der Waals surface area (Å²) in [6, 6.07) is 11.4. The Morgan fingerprint density at radius 2 is 1.81 bits per heavy atom. The van der Waals surface area contributed by atoms with Crippen LogP contribution in [0.25, 0.3) is 0 Å². The highest BCUT2D eigenvalue weighted by Gasteiger charge is 2.34. The molecule has 0 spiro atoms. The van der Waals surface area contributed by atoms with Gasteiger partial charge in [-0.15, -0.1) is 0 Å². The Labute approximate surface area is 193 Å². The lowest BCUT2D eigenvalue weighted by molar-refractivity contribution is 0.0729. The Hall–Kier alpha value is -2.73. The number of methoxy groups -OCH3 is 1. The number of hydrogen-bond acceptors (Lipinski definition) is 4. The van der Waals surface area contributed by atoms with Crippen LogP contribution in [0.15, 0.2) is 36.4 Å². The fourth-order valence-electron chi connectivity index (χ4n) is 3.56. The number of ether oxygens (including phenoxy) is 2. The van der Waals surface area contributed by atoms with E-state index >= 15 is 0 Å². The van der Waals surface area contributed by atoms with Crippen LogP contribution in [0, 0.1) is 0 Å². The Morgan fingerprint density at radius 1 is 1.09 bits per heavy atom. The van der Waals surface area contributed by atoms with Gasteiger partial charge in [0.05, 0.1) is 18.7 Å². The van der Waals surface area contributed by atoms with Crippen molar-refractivity contribution in [3.63, 3.8) is 0 Å². The first-order chi connectivity index (χ1) is 15.5. The average molecular weight is 457 g/mol. The number of carbonyl (C=O) groups is 2. The van der Waals surface area contributed by atoms with Crippen LogP contribution in [0.4, 0.5) is 0 Å². The molecule has 2 aliphatic carbocycles. The van der Waals surface area contributed by atoms with Gasteiger partial charge in [-0.1, -0.05) is 30.7 Å². The van der Waals surface area contributed by atoms with Crippen molar-refractivity contribution >= 4 is 23.4 Å². The molecule has 0 unspecified atom stereocenters. The van der Waals surface area contributed by atoms with Crippen LogP contribution >= 0.6 is 11.6 Å². The third kappa shape index (κ3) is 5.36. The molecule has 0 aliphatic heterocycles. The lowest BCUT2D eigenvalue weighted by atomic mass is 10.1. The molecule has 7 heteroatoms. The van der Waals surface area contributed by atoms with Gasteiger partial charge in [0.1, 0.15) is 0 Å². The first kappa shape index (κ1) is 22.5. The number of nitrogens with one attached hydrogen (secondary N) is 1. The molecule has 1 N–H and O–H groups in total. The second kappa shape index (κ2) is 9.82. The molecule has 0 heterocycles. The second-order valence-electron chi connectivity index (χ2n) is 8.45. The fourth-order valence-corrected chi connectivity index (χ4v) is 3.83. The predicted molar refractivity (Wildman–Crippen MR) is 124 cm³/mol. The molecule has 2 amide bonds. The SMILES string of the molecule is CCCOc1c(Cl)cc(C(=O)N(Cc2ccc(C(=O)NC3CC3)cc2)C2CC2)cc1OC. The molecule has 0 aromatic heterocycles. The summed E-state index contributed by atoms with van der Waals surface area (Å²) in [6.45, 7) is 3.01. The summed E-state index contributed by atoms with van der Waals surface area (Å²) in [6.07, 6.45) is 4.93. The van der Waals surface area contributed by atoms with E-state index < -0.39 is 0 Å². The molecular weight excluding hydrogens is 428 g/mol. The summed E-state index contributed by atoms with van der Waals surface area (Å²) in [5, 5.41) is 3.36. The van der Waals surface area contributed by atoms with Crippen molar-refractivity contribution in [3.05, 3.63) is 58.1 Å². The van der Waals surface area contributed by atoms with E-state index in [4.69, 9.17) is 21.1 Å². The van der Waals surface area contributed by atoms with Crippen molar-refractivity contribution in [2.75, 3.05) is 13.7 Å². The van der Waals surface area contributed by atoms with E-state index in [9.17, 15) is 9.59 Å². The summed E-state index contributed by atoms with van der Waals surface area (Å²) >= 11 is 6.43. The zero-order valence-electron chi connectivity index (χ0n) is 18.5. The van der Waals surface area contributed by atoms with Crippen LogP contribution in [-0.4, -0.2) is 42.5 Å². The van der Waals surface area contributed by atoms with Crippen molar-refractivity contribution in [3.8, 4) is 11.5 Å². The highest BCUT2D eigenvalue weighted by atomic mass is 35.5. The first-order valence-electron chi connectivity index (χ1n) is 11.2. The Morgan fingerprint density at radius 3 is 2.41 bits per heavy atom. The summed E-state index contributed by atoms with van der Waals surface area (Å²) in [5.41, 5.74) is 2.10. The molecule has 0 atom stereocenters.